The number of hydrogen-bond donors (Lipinski definition) is 1. The van der Waals surface area contributed by atoms with Crippen molar-refractivity contribution in [1.29, 1.82) is 5.26 Å². The monoisotopic (exact) mass is 220 g/mol. The summed E-state index contributed by atoms with van der Waals surface area (Å²) < 4.78 is 0. The van der Waals surface area contributed by atoms with Gasteiger partial charge in [0.15, 0.2) is 5.69 Å². The van der Waals surface area contributed by atoms with Crippen LogP contribution >= 0.6 is 0 Å². The molecule has 1 atom stereocenters. The van der Waals surface area contributed by atoms with E-state index in [1.165, 1.54) is 12.4 Å². The van der Waals surface area contributed by atoms with Crippen LogP contribution in [0.25, 0.3) is 0 Å². The molecule has 1 heterocycles. The van der Waals surface area contributed by atoms with Gasteiger partial charge in [0.2, 0.25) is 0 Å². The molecule has 0 bridgehead atoms. The van der Waals surface area contributed by atoms with Crippen molar-refractivity contribution >= 4 is 11.8 Å². The maximum atomic E-state index is 10.6. The molecule has 1 unspecified atom stereocenters. The molecule has 0 saturated carbocycles. The van der Waals surface area contributed by atoms with Crippen molar-refractivity contribution in [3.8, 4) is 6.07 Å². The number of carboxylic acid groups (broad SMARTS) is 1. The number of carboxylic acids is 1. The Hall–Kier alpha value is -2.16. The zero-order valence-corrected chi connectivity index (χ0v) is 9.08. The molecule has 0 radical (unpaired) electrons. The Bertz CT molecular complexity index is 410. The lowest BCUT2D eigenvalue weighted by atomic mass is 10.2. The zero-order valence-electron chi connectivity index (χ0n) is 9.08. The van der Waals surface area contributed by atoms with Crippen LogP contribution in [0.4, 0.5) is 5.82 Å². The quantitative estimate of drug-likeness (QED) is 0.811. The van der Waals surface area contributed by atoms with Gasteiger partial charge in [0.1, 0.15) is 5.82 Å². The predicted molar refractivity (Wildman–Crippen MR) is 57.1 cm³/mol. The highest BCUT2D eigenvalue weighted by atomic mass is 16.4. The standard InChI is InChI=1S/C10H12N4O2/c1-7(3-4-11)14(2)9-6-12-8(5-13-9)10(15)16/h5-7H,3H2,1-2H3,(H,15,16). The summed E-state index contributed by atoms with van der Waals surface area (Å²) in [5.41, 5.74) is -0.0925. The van der Waals surface area contributed by atoms with E-state index >= 15 is 0 Å². The van der Waals surface area contributed by atoms with Gasteiger partial charge in [0, 0.05) is 13.1 Å². The van der Waals surface area contributed by atoms with Gasteiger partial charge in [-0.1, -0.05) is 0 Å². The largest absolute Gasteiger partial charge is 0.476 e. The molecule has 0 saturated heterocycles. The van der Waals surface area contributed by atoms with Gasteiger partial charge >= 0.3 is 5.97 Å². The maximum absolute atomic E-state index is 10.6. The van der Waals surface area contributed by atoms with Crippen LogP contribution in [0.2, 0.25) is 0 Å². The molecule has 1 aromatic heterocycles. The molecule has 1 aromatic rings. The van der Waals surface area contributed by atoms with Gasteiger partial charge in [-0.2, -0.15) is 5.26 Å². The van der Waals surface area contributed by atoms with Gasteiger partial charge in [-0.05, 0) is 6.92 Å². The number of nitrogens with zero attached hydrogens (tertiary/aromatic N) is 4. The smallest absolute Gasteiger partial charge is 0.356 e. The molecular weight excluding hydrogens is 208 g/mol. The molecule has 0 aliphatic rings. The summed E-state index contributed by atoms with van der Waals surface area (Å²) in [6, 6.07) is 2.07. The number of nitriles is 1. The molecule has 1 rings (SSSR count). The van der Waals surface area contributed by atoms with Crippen LogP contribution in [-0.4, -0.2) is 34.1 Å². The van der Waals surface area contributed by atoms with Crippen LogP contribution in [0.1, 0.15) is 23.8 Å². The van der Waals surface area contributed by atoms with Crippen LogP contribution in [0, 0.1) is 11.3 Å². The number of hydrogen-bond acceptors (Lipinski definition) is 5. The minimum Gasteiger partial charge on any atom is -0.476 e. The summed E-state index contributed by atoms with van der Waals surface area (Å²) in [6.07, 6.45) is 2.96. The van der Waals surface area contributed by atoms with E-state index in [-0.39, 0.29) is 11.7 Å². The van der Waals surface area contributed by atoms with E-state index in [0.29, 0.717) is 12.2 Å². The van der Waals surface area contributed by atoms with E-state index < -0.39 is 5.97 Å². The summed E-state index contributed by atoms with van der Waals surface area (Å²) in [7, 11) is 1.78. The molecule has 6 nitrogen and oxygen atoms in total. The SMILES string of the molecule is CC(CC#N)N(C)c1cnc(C(=O)O)cn1. The number of aromatic nitrogens is 2. The second kappa shape index (κ2) is 5.07. The molecular formula is C10H12N4O2. The van der Waals surface area contributed by atoms with Gasteiger partial charge in [0.25, 0.3) is 0 Å². The highest BCUT2D eigenvalue weighted by Gasteiger charge is 2.12. The number of carbonyl (C=O) groups is 1. The van der Waals surface area contributed by atoms with Crippen molar-refractivity contribution in [2.75, 3.05) is 11.9 Å². The summed E-state index contributed by atoms with van der Waals surface area (Å²) >= 11 is 0. The predicted octanol–water partition coefficient (Wildman–Crippen LogP) is 0.913. The molecule has 0 aliphatic heterocycles. The minimum absolute atomic E-state index is 0.00924. The van der Waals surface area contributed by atoms with Crippen LogP contribution in [0.15, 0.2) is 12.4 Å². The summed E-state index contributed by atoms with van der Waals surface area (Å²) in [5.74, 6) is -0.556. The van der Waals surface area contributed by atoms with Gasteiger partial charge in [-0.15, -0.1) is 0 Å². The molecule has 16 heavy (non-hydrogen) atoms. The first kappa shape index (κ1) is 11.9. The van der Waals surface area contributed by atoms with E-state index in [0.717, 1.165) is 0 Å². The Balaban J connectivity index is 2.82. The number of aromatic carboxylic acids is 1. The average molecular weight is 220 g/mol. The summed E-state index contributed by atoms with van der Waals surface area (Å²) in [4.78, 5) is 20.1. The second-order valence-electron chi connectivity index (χ2n) is 3.39. The highest BCUT2D eigenvalue weighted by molar-refractivity contribution is 5.84. The number of rotatable bonds is 4. The van der Waals surface area contributed by atoms with E-state index in [1.807, 2.05) is 6.92 Å². The van der Waals surface area contributed by atoms with Crippen LogP contribution in [-0.2, 0) is 0 Å². The van der Waals surface area contributed by atoms with Crippen LogP contribution in [0.3, 0.4) is 0 Å². The van der Waals surface area contributed by atoms with Gasteiger partial charge in [-0.25, -0.2) is 14.8 Å². The second-order valence-corrected chi connectivity index (χ2v) is 3.39. The van der Waals surface area contributed by atoms with E-state index in [1.54, 1.807) is 11.9 Å². The topological polar surface area (TPSA) is 90.1 Å². The van der Waals surface area contributed by atoms with Crippen molar-refractivity contribution in [2.45, 2.75) is 19.4 Å². The lowest BCUT2D eigenvalue weighted by molar-refractivity contribution is 0.0690. The first-order valence-corrected chi connectivity index (χ1v) is 4.71. The molecule has 1 N–H and O–H groups in total. The maximum Gasteiger partial charge on any atom is 0.356 e. The molecule has 0 fully saturated rings. The Morgan fingerprint density at radius 1 is 1.62 bits per heavy atom. The Kier molecular flexibility index (Phi) is 3.78. The molecule has 6 heteroatoms. The fraction of sp³-hybridized carbons (Fsp3) is 0.400. The van der Waals surface area contributed by atoms with Crippen LogP contribution < -0.4 is 4.90 Å². The molecule has 0 amide bonds. The Morgan fingerprint density at radius 2 is 2.31 bits per heavy atom. The minimum atomic E-state index is -1.10. The van der Waals surface area contributed by atoms with E-state index in [4.69, 9.17) is 10.4 Å². The Labute approximate surface area is 93.2 Å². The third-order valence-corrected chi connectivity index (χ3v) is 2.27. The first-order valence-electron chi connectivity index (χ1n) is 4.71. The van der Waals surface area contributed by atoms with E-state index in [2.05, 4.69) is 16.0 Å². The summed E-state index contributed by atoms with van der Waals surface area (Å²) in [6.45, 7) is 1.88. The fourth-order valence-electron chi connectivity index (χ4n) is 1.11. The Morgan fingerprint density at radius 3 is 2.75 bits per heavy atom. The van der Waals surface area contributed by atoms with Crippen molar-refractivity contribution in [3.63, 3.8) is 0 Å². The third-order valence-electron chi connectivity index (χ3n) is 2.27. The third kappa shape index (κ3) is 2.67. The molecule has 84 valence electrons. The van der Waals surface area contributed by atoms with Gasteiger partial charge in [0.05, 0.1) is 24.9 Å². The van der Waals surface area contributed by atoms with Crippen molar-refractivity contribution in [1.82, 2.24) is 9.97 Å². The van der Waals surface area contributed by atoms with Crippen LogP contribution in [0.5, 0.6) is 0 Å². The summed E-state index contributed by atoms with van der Waals surface area (Å²) in [5, 5.41) is 17.2. The molecule has 0 aliphatic carbocycles. The lowest BCUT2D eigenvalue weighted by Crippen LogP contribution is -2.29. The van der Waals surface area contributed by atoms with Crippen molar-refractivity contribution in [2.24, 2.45) is 0 Å². The average Bonchev–Trinajstić information content (AvgIpc) is 2.28. The fourth-order valence-corrected chi connectivity index (χ4v) is 1.11. The normalized spacial score (nSPS) is 11.6. The van der Waals surface area contributed by atoms with Gasteiger partial charge < -0.3 is 10.0 Å². The van der Waals surface area contributed by atoms with Gasteiger partial charge in [-0.3, -0.25) is 0 Å². The van der Waals surface area contributed by atoms with Crippen molar-refractivity contribution < 1.29 is 9.90 Å². The number of anilines is 1. The van der Waals surface area contributed by atoms with Crippen molar-refractivity contribution in [3.05, 3.63) is 18.1 Å². The lowest BCUT2D eigenvalue weighted by Gasteiger charge is -2.23. The zero-order chi connectivity index (χ0) is 12.1. The molecule has 0 aromatic carbocycles. The van der Waals surface area contributed by atoms with E-state index in [9.17, 15) is 4.79 Å². The first-order chi connectivity index (χ1) is 7.56. The molecule has 0 spiro atoms. The highest BCUT2D eigenvalue weighted by Crippen LogP contribution is 2.11.